The minimum absolute atomic E-state index is 0.0591. The van der Waals surface area contributed by atoms with E-state index >= 15 is 0 Å². The number of rotatable bonds is 3. The van der Waals surface area contributed by atoms with Crippen molar-refractivity contribution in [2.75, 3.05) is 7.11 Å². The fourth-order valence-corrected chi connectivity index (χ4v) is 2.49. The lowest BCUT2D eigenvalue weighted by Gasteiger charge is -2.09. The van der Waals surface area contributed by atoms with Gasteiger partial charge in [0, 0.05) is 5.56 Å². The quantitative estimate of drug-likeness (QED) is 0.801. The summed E-state index contributed by atoms with van der Waals surface area (Å²) < 4.78 is 10.8. The van der Waals surface area contributed by atoms with Crippen LogP contribution in [0.2, 0.25) is 0 Å². The molecular formula is C18H14O5. The fourth-order valence-electron chi connectivity index (χ4n) is 2.49. The van der Waals surface area contributed by atoms with E-state index in [2.05, 4.69) is 0 Å². The molecule has 0 spiro atoms. The number of benzene rings is 2. The summed E-state index contributed by atoms with van der Waals surface area (Å²) in [4.78, 5) is 24.2. The van der Waals surface area contributed by atoms with Gasteiger partial charge < -0.3 is 14.3 Å². The molecule has 1 aromatic heterocycles. The van der Waals surface area contributed by atoms with E-state index in [9.17, 15) is 14.7 Å². The van der Waals surface area contributed by atoms with Gasteiger partial charge in [-0.1, -0.05) is 23.8 Å². The zero-order chi connectivity index (χ0) is 16.6. The van der Waals surface area contributed by atoms with Crippen LogP contribution in [0.3, 0.4) is 0 Å². The first kappa shape index (κ1) is 14.8. The van der Waals surface area contributed by atoms with Crippen LogP contribution in [0.5, 0.6) is 5.75 Å². The van der Waals surface area contributed by atoms with E-state index in [-0.39, 0.29) is 16.7 Å². The van der Waals surface area contributed by atoms with E-state index in [0.29, 0.717) is 16.9 Å². The minimum Gasteiger partial charge on any atom is -0.497 e. The van der Waals surface area contributed by atoms with Gasteiger partial charge in [-0.2, -0.15) is 0 Å². The average Bonchev–Trinajstić information content (AvgIpc) is 2.54. The second-order valence-electron chi connectivity index (χ2n) is 5.17. The molecule has 3 aromatic rings. The first-order valence-corrected chi connectivity index (χ1v) is 6.96. The van der Waals surface area contributed by atoms with Crippen molar-refractivity contribution >= 4 is 16.9 Å². The Morgan fingerprint density at radius 3 is 2.61 bits per heavy atom. The maximum absolute atomic E-state index is 12.6. The van der Waals surface area contributed by atoms with Gasteiger partial charge in [-0.3, -0.25) is 4.79 Å². The number of carbonyl (C=O) groups is 1. The SMILES string of the molecule is COc1ccc2oc(-c3cccc(C)c3)c(C(=O)O)c(=O)c2c1. The predicted molar refractivity (Wildman–Crippen MR) is 86.2 cm³/mol. The smallest absolute Gasteiger partial charge is 0.343 e. The molecule has 1 N–H and O–H groups in total. The second-order valence-corrected chi connectivity index (χ2v) is 5.17. The molecule has 0 fully saturated rings. The maximum Gasteiger partial charge on any atom is 0.343 e. The van der Waals surface area contributed by atoms with Gasteiger partial charge in [0.2, 0.25) is 5.43 Å². The number of ether oxygens (including phenoxy) is 1. The van der Waals surface area contributed by atoms with Crippen molar-refractivity contribution in [2.24, 2.45) is 0 Å². The molecule has 5 nitrogen and oxygen atoms in total. The minimum atomic E-state index is -1.32. The number of fused-ring (bicyclic) bond motifs is 1. The summed E-state index contributed by atoms with van der Waals surface area (Å²) in [7, 11) is 1.47. The molecule has 0 atom stereocenters. The normalized spacial score (nSPS) is 10.7. The molecule has 0 amide bonds. The van der Waals surface area contributed by atoms with E-state index in [1.807, 2.05) is 13.0 Å². The number of aryl methyl sites for hydroxylation is 1. The highest BCUT2D eigenvalue weighted by Crippen LogP contribution is 2.28. The van der Waals surface area contributed by atoms with Crippen LogP contribution >= 0.6 is 0 Å². The molecule has 116 valence electrons. The molecule has 0 aliphatic rings. The Balaban J connectivity index is 2.40. The fraction of sp³-hybridized carbons (Fsp3) is 0.111. The Labute approximate surface area is 131 Å². The third-order valence-electron chi connectivity index (χ3n) is 3.59. The molecule has 23 heavy (non-hydrogen) atoms. The molecule has 0 saturated heterocycles. The molecule has 0 aliphatic carbocycles. The summed E-state index contributed by atoms with van der Waals surface area (Å²) >= 11 is 0. The number of carboxylic acid groups (broad SMARTS) is 1. The molecule has 0 radical (unpaired) electrons. The summed E-state index contributed by atoms with van der Waals surface area (Å²) in [5, 5.41) is 9.65. The molecule has 2 aromatic carbocycles. The molecule has 0 unspecified atom stereocenters. The number of methoxy groups -OCH3 is 1. The van der Waals surface area contributed by atoms with Crippen LogP contribution in [0.15, 0.2) is 51.7 Å². The molecular weight excluding hydrogens is 296 g/mol. The number of hydrogen-bond donors (Lipinski definition) is 1. The lowest BCUT2D eigenvalue weighted by molar-refractivity contribution is 0.0694. The lowest BCUT2D eigenvalue weighted by Crippen LogP contribution is -2.16. The van der Waals surface area contributed by atoms with Gasteiger partial charge in [-0.15, -0.1) is 0 Å². The lowest BCUT2D eigenvalue weighted by atomic mass is 10.0. The molecule has 5 heteroatoms. The van der Waals surface area contributed by atoms with Gasteiger partial charge in [-0.25, -0.2) is 4.79 Å². The van der Waals surface area contributed by atoms with Crippen LogP contribution in [-0.2, 0) is 0 Å². The molecule has 0 aliphatic heterocycles. The monoisotopic (exact) mass is 310 g/mol. The van der Waals surface area contributed by atoms with E-state index in [1.165, 1.54) is 13.2 Å². The summed E-state index contributed by atoms with van der Waals surface area (Å²) in [6.45, 7) is 1.88. The van der Waals surface area contributed by atoms with E-state index in [4.69, 9.17) is 9.15 Å². The van der Waals surface area contributed by atoms with Crippen LogP contribution in [0.25, 0.3) is 22.3 Å². The van der Waals surface area contributed by atoms with Crippen molar-refractivity contribution < 1.29 is 19.1 Å². The third kappa shape index (κ3) is 2.57. The molecule has 3 rings (SSSR count). The number of aromatic carboxylic acids is 1. The average molecular weight is 310 g/mol. The number of carboxylic acids is 1. The zero-order valence-electron chi connectivity index (χ0n) is 12.6. The Bertz CT molecular complexity index is 969. The van der Waals surface area contributed by atoms with Crippen molar-refractivity contribution in [3.05, 3.63) is 63.8 Å². The van der Waals surface area contributed by atoms with Crippen molar-refractivity contribution in [3.8, 4) is 17.1 Å². The summed E-state index contributed by atoms with van der Waals surface area (Å²) in [5.41, 5.74) is 0.844. The summed E-state index contributed by atoms with van der Waals surface area (Å²) in [6.07, 6.45) is 0. The topological polar surface area (TPSA) is 76.7 Å². The molecule has 0 bridgehead atoms. The van der Waals surface area contributed by atoms with Crippen molar-refractivity contribution in [1.29, 1.82) is 0 Å². The maximum atomic E-state index is 12.6. The van der Waals surface area contributed by atoms with Gasteiger partial charge in [-0.05, 0) is 31.2 Å². The van der Waals surface area contributed by atoms with Crippen LogP contribution < -0.4 is 10.2 Å². The van der Waals surface area contributed by atoms with Crippen LogP contribution in [0.4, 0.5) is 0 Å². The summed E-state index contributed by atoms with van der Waals surface area (Å²) in [5.74, 6) is -0.798. The van der Waals surface area contributed by atoms with Crippen LogP contribution in [-0.4, -0.2) is 18.2 Å². The van der Waals surface area contributed by atoms with Gasteiger partial charge in [0.15, 0.2) is 11.3 Å². The Morgan fingerprint density at radius 1 is 1.17 bits per heavy atom. The zero-order valence-corrected chi connectivity index (χ0v) is 12.6. The molecule has 0 saturated carbocycles. The van der Waals surface area contributed by atoms with E-state index < -0.39 is 11.4 Å². The number of hydrogen-bond acceptors (Lipinski definition) is 4. The van der Waals surface area contributed by atoms with E-state index in [0.717, 1.165) is 5.56 Å². The predicted octanol–water partition coefficient (Wildman–Crippen LogP) is 3.48. The van der Waals surface area contributed by atoms with Gasteiger partial charge >= 0.3 is 5.97 Å². The summed E-state index contributed by atoms with van der Waals surface area (Å²) in [6, 6.07) is 11.9. The standard InChI is InChI=1S/C18H14O5/c1-10-4-3-5-11(8-10)17-15(18(20)21)16(19)13-9-12(22-2)6-7-14(13)23-17/h3-9H,1-2H3,(H,20,21). The Kier molecular flexibility index (Phi) is 3.62. The van der Waals surface area contributed by atoms with Crippen molar-refractivity contribution in [2.45, 2.75) is 6.92 Å². The second kappa shape index (κ2) is 5.61. The highest BCUT2D eigenvalue weighted by Gasteiger charge is 2.22. The molecule has 1 heterocycles. The first-order chi connectivity index (χ1) is 11.0. The van der Waals surface area contributed by atoms with Crippen molar-refractivity contribution in [1.82, 2.24) is 0 Å². The van der Waals surface area contributed by atoms with E-state index in [1.54, 1.807) is 30.3 Å². The van der Waals surface area contributed by atoms with Gasteiger partial charge in [0.05, 0.1) is 12.5 Å². The highest BCUT2D eigenvalue weighted by atomic mass is 16.5. The Morgan fingerprint density at radius 2 is 1.96 bits per heavy atom. The van der Waals surface area contributed by atoms with Gasteiger partial charge in [0.25, 0.3) is 0 Å². The van der Waals surface area contributed by atoms with Crippen LogP contribution in [0.1, 0.15) is 15.9 Å². The third-order valence-corrected chi connectivity index (χ3v) is 3.59. The van der Waals surface area contributed by atoms with Crippen LogP contribution in [0, 0.1) is 6.92 Å². The van der Waals surface area contributed by atoms with Crippen molar-refractivity contribution in [3.63, 3.8) is 0 Å². The largest absolute Gasteiger partial charge is 0.497 e. The van der Waals surface area contributed by atoms with Gasteiger partial charge in [0.1, 0.15) is 11.3 Å². The Hall–Kier alpha value is -3.08. The first-order valence-electron chi connectivity index (χ1n) is 6.96. The highest BCUT2D eigenvalue weighted by molar-refractivity contribution is 5.98.